The van der Waals surface area contributed by atoms with Gasteiger partial charge in [-0.2, -0.15) is 8.42 Å². The molecule has 8 heteroatoms. The Morgan fingerprint density at radius 1 is 0.706 bits per heavy atom. The van der Waals surface area contributed by atoms with Crippen molar-refractivity contribution >= 4 is 10.1 Å². The highest BCUT2D eigenvalue weighted by Crippen LogP contribution is 2.28. The third-order valence-corrected chi connectivity index (χ3v) is 6.58. The molecule has 34 heavy (non-hydrogen) atoms. The van der Waals surface area contributed by atoms with Gasteiger partial charge in [-0.15, -0.1) is 0 Å². The Balaban J connectivity index is 1.49. The van der Waals surface area contributed by atoms with Gasteiger partial charge in [-0.3, -0.25) is 4.55 Å². The van der Waals surface area contributed by atoms with Gasteiger partial charge in [0.2, 0.25) is 0 Å². The summed E-state index contributed by atoms with van der Waals surface area (Å²) in [6.07, 6.45) is 7.80. The highest BCUT2D eigenvalue weighted by Gasteiger charge is 2.19. The van der Waals surface area contributed by atoms with Crippen LogP contribution in [0.25, 0.3) is 11.1 Å². The minimum atomic E-state index is -4.51. The van der Waals surface area contributed by atoms with Crippen LogP contribution in [-0.2, 0) is 23.2 Å². The summed E-state index contributed by atoms with van der Waals surface area (Å²) < 4.78 is 36.4. The van der Waals surface area contributed by atoms with Gasteiger partial charge in [0.25, 0.3) is 10.1 Å². The van der Waals surface area contributed by atoms with Crippen molar-refractivity contribution in [1.82, 2.24) is 0 Å². The molecule has 174 valence electrons. The molecule has 3 N–H and O–H groups in total. The summed E-state index contributed by atoms with van der Waals surface area (Å²) in [5, 5.41) is 19.6. The summed E-state index contributed by atoms with van der Waals surface area (Å²) in [7, 11) is -4.51. The second-order valence-corrected chi connectivity index (χ2v) is 9.76. The molecule has 0 saturated carbocycles. The predicted molar refractivity (Wildman–Crippen MR) is 126 cm³/mol. The summed E-state index contributed by atoms with van der Waals surface area (Å²) in [6.45, 7) is 4.55. The van der Waals surface area contributed by atoms with Gasteiger partial charge in [0, 0.05) is 35.4 Å². The fraction of sp³-hybridized carbons (Fsp3) is 0.154. The highest BCUT2D eigenvalue weighted by molar-refractivity contribution is 7.86. The van der Waals surface area contributed by atoms with Gasteiger partial charge >= 0.3 is 0 Å². The van der Waals surface area contributed by atoms with Crippen LogP contribution >= 0.6 is 0 Å². The first-order chi connectivity index (χ1) is 16.1. The monoisotopic (exact) mass is 478 g/mol. The highest BCUT2D eigenvalue weighted by atomic mass is 32.2. The number of rotatable bonds is 6. The van der Waals surface area contributed by atoms with E-state index in [0.717, 1.165) is 22.3 Å². The normalized spacial score (nSPS) is 11.5. The van der Waals surface area contributed by atoms with Crippen LogP contribution in [0.15, 0.2) is 84.3 Å². The smallest absolute Gasteiger partial charge is 0.298 e. The lowest BCUT2D eigenvalue weighted by molar-refractivity contribution is -0.688. The zero-order valence-corrected chi connectivity index (χ0v) is 19.7. The second-order valence-electron chi connectivity index (χ2n) is 8.37. The molecule has 0 radical (unpaired) electrons. The van der Waals surface area contributed by atoms with Gasteiger partial charge in [0.1, 0.15) is 16.4 Å². The molecule has 0 spiro atoms. The van der Waals surface area contributed by atoms with Gasteiger partial charge in [0.15, 0.2) is 37.9 Å². The summed E-state index contributed by atoms with van der Waals surface area (Å²) in [5.74, 6) is -0.140. The van der Waals surface area contributed by atoms with Crippen molar-refractivity contribution in [3.8, 4) is 22.6 Å². The van der Waals surface area contributed by atoms with Crippen molar-refractivity contribution in [3.05, 3.63) is 102 Å². The standard InChI is InChI=1S/C26H24N2O5S/c1-18-13-20(3-4-24(18)29)16-27-9-5-22(6-10-27)23-7-11-28(12-8-23)17-21-14-19(2)26(30)25(15-21)34(31,32)33/h3-15H,16-17H2,1-2H3,(H-2,29,30,31,32,33)/p+2. The number of hydrogen-bond acceptors (Lipinski definition) is 4. The Labute approximate surface area is 198 Å². The van der Waals surface area contributed by atoms with Gasteiger partial charge in [-0.1, -0.05) is 0 Å². The molecule has 0 fully saturated rings. The number of hydrogen-bond donors (Lipinski definition) is 3. The van der Waals surface area contributed by atoms with Crippen LogP contribution in [0.3, 0.4) is 0 Å². The summed E-state index contributed by atoms with van der Waals surface area (Å²) >= 11 is 0. The average molecular weight is 479 g/mol. The Hall–Kier alpha value is -3.75. The molecule has 4 aromatic rings. The maximum Gasteiger partial charge on any atom is 0.298 e. The van der Waals surface area contributed by atoms with E-state index in [0.29, 0.717) is 30.0 Å². The number of phenolic OH excluding ortho intramolecular Hbond substituents is 2. The van der Waals surface area contributed by atoms with E-state index >= 15 is 0 Å². The molecule has 0 saturated heterocycles. The Bertz CT molecular complexity index is 1450. The molecule has 4 rings (SSSR count). The zero-order valence-electron chi connectivity index (χ0n) is 18.9. The van der Waals surface area contributed by atoms with Gasteiger partial charge in [-0.25, -0.2) is 9.13 Å². The van der Waals surface area contributed by atoms with Crippen LogP contribution in [0.1, 0.15) is 22.3 Å². The average Bonchev–Trinajstić information content (AvgIpc) is 2.79. The summed E-state index contributed by atoms with van der Waals surface area (Å²) in [5.41, 5.74) is 5.07. The number of pyridine rings is 2. The van der Waals surface area contributed by atoms with E-state index in [1.807, 2.05) is 72.7 Å². The minimum absolute atomic E-state index is 0.296. The van der Waals surface area contributed by atoms with Gasteiger partial charge in [-0.05, 0) is 66.4 Å². The lowest BCUT2D eigenvalue weighted by Gasteiger charge is -2.07. The lowest BCUT2D eigenvalue weighted by atomic mass is 10.1. The summed E-state index contributed by atoms with van der Waals surface area (Å²) in [6, 6.07) is 16.6. The molecule has 2 aromatic heterocycles. The van der Waals surface area contributed by atoms with Crippen molar-refractivity contribution in [1.29, 1.82) is 0 Å². The van der Waals surface area contributed by atoms with Crippen molar-refractivity contribution in [3.63, 3.8) is 0 Å². The van der Waals surface area contributed by atoms with Crippen molar-refractivity contribution < 1.29 is 32.3 Å². The van der Waals surface area contributed by atoms with E-state index in [2.05, 4.69) is 4.57 Å². The first kappa shape index (κ1) is 23.4. The van der Waals surface area contributed by atoms with Crippen molar-refractivity contribution in [2.75, 3.05) is 0 Å². The third kappa shape index (κ3) is 5.24. The van der Waals surface area contributed by atoms with E-state index in [1.54, 1.807) is 19.1 Å². The third-order valence-electron chi connectivity index (χ3n) is 5.71. The number of aromatic nitrogens is 2. The van der Waals surface area contributed by atoms with E-state index < -0.39 is 20.8 Å². The number of aryl methyl sites for hydroxylation is 2. The lowest BCUT2D eigenvalue weighted by Crippen LogP contribution is -2.33. The Kier molecular flexibility index (Phi) is 6.37. The second kappa shape index (κ2) is 9.24. The van der Waals surface area contributed by atoms with Crippen LogP contribution in [0.2, 0.25) is 0 Å². The van der Waals surface area contributed by atoms with E-state index in [-0.39, 0.29) is 0 Å². The van der Waals surface area contributed by atoms with Crippen molar-refractivity contribution in [2.45, 2.75) is 31.8 Å². The Morgan fingerprint density at radius 2 is 1.21 bits per heavy atom. The topological polar surface area (TPSA) is 103 Å². The molecule has 0 atom stereocenters. The number of aromatic hydroxyl groups is 2. The Morgan fingerprint density at radius 3 is 1.71 bits per heavy atom. The molecule has 0 aliphatic rings. The molecule has 7 nitrogen and oxygen atoms in total. The van der Waals surface area contributed by atoms with Crippen LogP contribution in [0.5, 0.6) is 11.5 Å². The van der Waals surface area contributed by atoms with E-state index in [9.17, 15) is 23.2 Å². The molecule has 0 aliphatic carbocycles. The molecule has 2 aromatic carbocycles. The molecule has 0 amide bonds. The van der Waals surface area contributed by atoms with E-state index in [1.165, 1.54) is 6.07 Å². The van der Waals surface area contributed by atoms with Crippen molar-refractivity contribution in [2.24, 2.45) is 0 Å². The first-order valence-corrected chi connectivity index (χ1v) is 12.1. The van der Waals surface area contributed by atoms with Gasteiger partial charge in [0.05, 0.1) is 0 Å². The van der Waals surface area contributed by atoms with Crippen LogP contribution < -0.4 is 9.13 Å². The zero-order chi connectivity index (χ0) is 24.5. The molecular formula is C26H26N2O5S+2. The fourth-order valence-electron chi connectivity index (χ4n) is 3.86. The maximum absolute atomic E-state index is 11.5. The minimum Gasteiger partial charge on any atom is -0.508 e. The van der Waals surface area contributed by atoms with Crippen LogP contribution in [0.4, 0.5) is 0 Å². The van der Waals surface area contributed by atoms with Gasteiger partial charge < -0.3 is 10.2 Å². The predicted octanol–water partition coefficient (Wildman–Crippen LogP) is 3.30. The number of nitrogens with zero attached hydrogens (tertiary/aromatic N) is 2. The molecule has 0 unspecified atom stereocenters. The maximum atomic E-state index is 11.5. The number of benzene rings is 2. The van der Waals surface area contributed by atoms with E-state index in [4.69, 9.17) is 0 Å². The van der Waals surface area contributed by atoms with Crippen LogP contribution in [-0.4, -0.2) is 23.2 Å². The summed E-state index contributed by atoms with van der Waals surface area (Å²) in [4.78, 5) is -0.486. The largest absolute Gasteiger partial charge is 0.508 e. The molecule has 0 bridgehead atoms. The quantitative estimate of drug-likeness (QED) is 0.292. The van der Waals surface area contributed by atoms with Crippen LogP contribution in [0, 0.1) is 13.8 Å². The first-order valence-electron chi connectivity index (χ1n) is 10.7. The molecular weight excluding hydrogens is 452 g/mol. The molecule has 2 heterocycles. The number of phenols is 2. The SMILES string of the molecule is Cc1cc(C[n+]2ccc(-c3cc[n+](Cc4cc(C)c(O)c(S(=O)(=O)O)c4)cc3)cc2)ccc1O. The fourth-order valence-corrected chi connectivity index (χ4v) is 4.56. The molecule has 0 aliphatic heterocycles.